The molecule has 1 aromatic carbocycles. The fourth-order valence-corrected chi connectivity index (χ4v) is 1.92. The smallest absolute Gasteiger partial charge is 0.274 e. The van der Waals surface area contributed by atoms with Crippen molar-refractivity contribution in [3.63, 3.8) is 0 Å². The number of hydrogen-bond acceptors (Lipinski definition) is 5. The highest BCUT2D eigenvalue weighted by Crippen LogP contribution is 2.12. The van der Waals surface area contributed by atoms with Gasteiger partial charge in [-0.05, 0) is 37.1 Å². The molecule has 2 aromatic rings. The van der Waals surface area contributed by atoms with E-state index in [0.717, 1.165) is 6.54 Å². The summed E-state index contributed by atoms with van der Waals surface area (Å²) in [6.07, 6.45) is 0. The number of aromatic nitrogens is 2. The Bertz CT molecular complexity index is 749. The molecule has 0 saturated heterocycles. The molecule has 0 saturated carbocycles. The highest BCUT2D eigenvalue weighted by molar-refractivity contribution is 6.03. The number of amides is 1. The van der Waals surface area contributed by atoms with Crippen LogP contribution in [-0.4, -0.2) is 22.4 Å². The van der Waals surface area contributed by atoms with E-state index < -0.39 is 0 Å². The first-order chi connectivity index (χ1) is 11.0. The van der Waals surface area contributed by atoms with E-state index in [2.05, 4.69) is 34.4 Å². The lowest BCUT2D eigenvalue weighted by atomic mass is 10.2. The number of nitrogens with zero attached hydrogens (tertiary/aromatic N) is 3. The van der Waals surface area contributed by atoms with Crippen LogP contribution in [0.1, 0.15) is 35.6 Å². The molecule has 1 aromatic heterocycles. The van der Waals surface area contributed by atoms with Crippen molar-refractivity contribution in [2.75, 3.05) is 17.2 Å². The molecular weight excluding hydrogens is 290 g/mol. The Kier molecular flexibility index (Phi) is 5.26. The van der Waals surface area contributed by atoms with E-state index in [1.807, 2.05) is 13.0 Å². The summed E-state index contributed by atoms with van der Waals surface area (Å²) in [5.74, 6) is 0.554. The van der Waals surface area contributed by atoms with Crippen LogP contribution in [-0.2, 0) is 0 Å². The highest BCUT2D eigenvalue weighted by Gasteiger charge is 2.11. The molecule has 0 fully saturated rings. The molecule has 6 heteroatoms. The van der Waals surface area contributed by atoms with Crippen LogP contribution in [0.3, 0.4) is 0 Å². The molecule has 23 heavy (non-hydrogen) atoms. The molecule has 0 aliphatic rings. The average Bonchev–Trinajstić information content (AvgIpc) is 2.52. The van der Waals surface area contributed by atoms with Gasteiger partial charge < -0.3 is 10.6 Å². The fraction of sp³-hybridized carbons (Fsp3) is 0.294. The van der Waals surface area contributed by atoms with Crippen LogP contribution in [0.5, 0.6) is 0 Å². The maximum absolute atomic E-state index is 12.3. The van der Waals surface area contributed by atoms with Gasteiger partial charge in [-0.2, -0.15) is 5.26 Å². The number of hydrogen-bond donors (Lipinski definition) is 2. The lowest BCUT2D eigenvalue weighted by Crippen LogP contribution is -2.17. The predicted molar refractivity (Wildman–Crippen MR) is 89.2 cm³/mol. The van der Waals surface area contributed by atoms with Crippen molar-refractivity contribution in [3.8, 4) is 6.07 Å². The Hall–Kier alpha value is -2.94. The standard InChI is InChI=1S/C17H19N5O/c1-11(2)10-19-17-20-12(3)7-15(22-17)16(23)21-14-6-4-5-13(8-14)9-18/h4-8,11H,10H2,1-3H3,(H,21,23)(H,19,20,22). The molecule has 1 amide bonds. The topological polar surface area (TPSA) is 90.7 Å². The van der Waals surface area contributed by atoms with Crippen molar-refractivity contribution < 1.29 is 4.79 Å². The molecule has 0 bridgehead atoms. The van der Waals surface area contributed by atoms with Crippen LogP contribution in [0.4, 0.5) is 11.6 Å². The van der Waals surface area contributed by atoms with Gasteiger partial charge in [-0.15, -0.1) is 0 Å². The summed E-state index contributed by atoms with van der Waals surface area (Å²) >= 11 is 0. The van der Waals surface area contributed by atoms with E-state index in [0.29, 0.717) is 28.8 Å². The summed E-state index contributed by atoms with van der Waals surface area (Å²) in [6.45, 7) is 6.71. The number of benzene rings is 1. The first-order valence-corrected chi connectivity index (χ1v) is 7.39. The fourth-order valence-electron chi connectivity index (χ4n) is 1.92. The monoisotopic (exact) mass is 309 g/mol. The van der Waals surface area contributed by atoms with Gasteiger partial charge >= 0.3 is 0 Å². The number of anilines is 2. The Morgan fingerprint density at radius 1 is 1.30 bits per heavy atom. The Morgan fingerprint density at radius 2 is 2.09 bits per heavy atom. The van der Waals surface area contributed by atoms with E-state index in [9.17, 15) is 4.79 Å². The number of carbonyl (C=O) groups is 1. The molecule has 6 nitrogen and oxygen atoms in total. The van der Waals surface area contributed by atoms with Gasteiger partial charge in [-0.1, -0.05) is 19.9 Å². The molecule has 0 aliphatic carbocycles. The summed E-state index contributed by atoms with van der Waals surface area (Å²) in [5.41, 5.74) is 2.04. The van der Waals surface area contributed by atoms with Gasteiger partial charge in [0.1, 0.15) is 5.69 Å². The lowest BCUT2D eigenvalue weighted by Gasteiger charge is -2.10. The molecule has 0 spiro atoms. The molecule has 0 atom stereocenters. The van der Waals surface area contributed by atoms with Crippen LogP contribution in [0.25, 0.3) is 0 Å². The molecule has 0 radical (unpaired) electrons. The van der Waals surface area contributed by atoms with Crippen LogP contribution in [0.15, 0.2) is 30.3 Å². The van der Waals surface area contributed by atoms with Crippen LogP contribution < -0.4 is 10.6 Å². The van der Waals surface area contributed by atoms with E-state index in [1.165, 1.54) is 0 Å². The number of aryl methyl sites for hydroxylation is 1. The molecule has 2 N–H and O–H groups in total. The molecule has 0 aliphatic heterocycles. The second-order valence-electron chi connectivity index (χ2n) is 5.64. The Balaban J connectivity index is 2.16. The van der Waals surface area contributed by atoms with Gasteiger partial charge in [0.15, 0.2) is 0 Å². The highest BCUT2D eigenvalue weighted by atomic mass is 16.1. The predicted octanol–water partition coefficient (Wildman–Crippen LogP) is 2.98. The van der Waals surface area contributed by atoms with Crippen molar-refractivity contribution in [3.05, 3.63) is 47.3 Å². The second kappa shape index (κ2) is 7.36. The second-order valence-corrected chi connectivity index (χ2v) is 5.64. The van der Waals surface area contributed by atoms with Crippen LogP contribution in [0.2, 0.25) is 0 Å². The molecule has 2 rings (SSSR count). The summed E-state index contributed by atoms with van der Waals surface area (Å²) < 4.78 is 0. The third-order valence-electron chi connectivity index (χ3n) is 3.00. The molecular formula is C17H19N5O. The van der Waals surface area contributed by atoms with Crippen molar-refractivity contribution in [2.24, 2.45) is 5.92 Å². The third kappa shape index (κ3) is 4.78. The van der Waals surface area contributed by atoms with Gasteiger partial charge in [-0.25, -0.2) is 9.97 Å². The zero-order chi connectivity index (χ0) is 16.8. The third-order valence-corrected chi connectivity index (χ3v) is 3.00. The normalized spacial score (nSPS) is 10.2. The Labute approximate surface area is 135 Å². The van der Waals surface area contributed by atoms with E-state index in [1.54, 1.807) is 30.3 Å². The summed E-state index contributed by atoms with van der Waals surface area (Å²) in [7, 11) is 0. The zero-order valence-corrected chi connectivity index (χ0v) is 13.4. The van der Waals surface area contributed by atoms with E-state index in [4.69, 9.17) is 5.26 Å². The van der Waals surface area contributed by atoms with Gasteiger partial charge in [0.05, 0.1) is 11.6 Å². The Morgan fingerprint density at radius 3 is 2.78 bits per heavy atom. The van der Waals surface area contributed by atoms with E-state index in [-0.39, 0.29) is 11.6 Å². The first kappa shape index (κ1) is 16.4. The van der Waals surface area contributed by atoms with Gasteiger partial charge in [0.2, 0.25) is 5.95 Å². The minimum absolute atomic E-state index is 0.283. The molecule has 1 heterocycles. The minimum Gasteiger partial charge on any atom is -0.354 e. The summed E-state index contributed by atoms with van der Waals surface area (Å²) in [4.78, 5) is 20.9. The number of rotatable bonds is 5. The van der Waals surface area contributed by atoms with Gasteiger partial charge in [-0.3, -0.25) is 4.79 Å². The number of nitrogens with one attached hydrogen (secondary N) is 2. The van der Waals surface area contributed by atoms with Crippen molar-refractivity contribution in [2.45, 2.75) is 20.8 Å². The quantitative estimate of drug-likeness (QED) is 0.886. The van der Waals surface area contributed by atoms with Gasteiger partial charge in [0.25, 0.3) is 5.91 Å². The first-order valence-electron chi connectivity index (χ1n) is 7.39. The van der Waals surface area contributed by atoms with Crippen molar-refractivity contribution in [1.82, 2.24) is 9.97 Å². The lowest BCUT2D eigenvalue weighted by molar-refractivity contribution is 0.102. The molecule has 0 unspecified atom stereocenters. The summed E-state index contributed by atoms with van der Waals surface area (Å²) in [5, 5.41) is 14.8. The van der Waals surface area contributed by atoms with Crippen molar-refractivity contribution >= 4 is 17.5 Å². The van der Waals surface area contributed by atoms with E-state index >= 15 is 0 Å². The largest absolute Gasteiger partial charge is 0.354 e. The maximum atomic E-state index is 12.3. The molecule has 118 valence electrons. The van der Waals surface area contributed by atoms with Gasteiger partial charge in [0, 0.05) is 17.9 Å². The summed E-state index contributed by atoms with van der Waals surface area (Å²) in [6, 6.07) is 10.4. The number of carbonyl (C=O) groups excluding carboxylic acids is 1. The van der Waals surface area contributed by atoms with Crippen LogP contribution >= 0.6 is 0 Å². The maximum Gasteiger partial charge on any atom is 0.274 e. The van der Waals surface area contributed by atoms with Crippen LogP contribution in [0, 0.1) is 24.2 Å². The number of nitriles is 1. The van der Waals surface area contributed by atoms with Crippen molar-refractivity contribution in [1.29, 1.82) is 5.26 Å². The zero-order valence-electron chi connectivity index (χ0n) is 13.4. The SMILES string of the molecule is Cc1cc(C(=O)Nc2cccc(C#N)c2)nc(NCC(C)C)n1. The average molecular weight is 309 g/mol. The minimum atomic E-state index is -0.335.